The highest BCUT2D eigenvalue weighted by Crippen LogP contribution is 2.16. The Morgan fingerprint density at radius 1 is 1.40 bits per heavy atom. The van der Waals surface area contributed by atoms with Crippen LogP contribution in [0.4, 0.5) is 5.69 Å². The molecule has 0 atom stereocenters. The van der Waals surface area contributed by atoms with E-state index in [0.717, 1.165) is 12.2 Å². The van der Waals surface area contributed by atoms with Crippen molar-refractivity contribution in [2.75, 3.05) is 5.73 Å². The zero-order valence-electron chi connectivity index (χ0n) is 5.54. The van der Waals surface area contributed by atoms with Crippen LogP contribution in [-0.2, 0) is 6.54 Å². The Bertz CT molecular complexity index is 289. The van der Waals surface area contributed by atoms with Gasteiger partial charge >= 0.3 is 0 Å². The van der Waals surface area contributed by atoms with Gasteiger partial charge in [0.15, 0.2) is 0 Å². The van der Waals surface area contributed by atoms with Gasteiger partial charge < -0.3 is 5.73 Å². The number of nitrogens with two attached hydrogens (primary N) is 1. The number of benzene rings is 1. The van der Waals surface area contributed by atoms with Crippen molar-refractivity contribution < 1.29 is 0 Å². The third kappa shape index (κ3) is 0.692. The Balaban J connectivity index is 2.60. The first-order chi connectivity index (χ1) is 4.86. The molecule has 2 rings (SSSR count). The lowest BCUT2D eigenvalue weighted by atomic mass is 10.1. The van der Waals surface area contributed by atoms with E-state index in [2.05, 4.69) is 4.99 Å². The van der Waals surface area contributed by atoms with Crippen LogP contribution in [0.15, 0.2) is 23.2 Å². The van der Waals surface area contributed by atoms with Gasteiger partial charge in [-0.3, -0.25) is 4.99 Å². The van der Waals surface area contributed by atoms with E-state index in [-0.39, 0.29) is 0 Å². The molecule has 0 spiro atoms. The normalized spacial score (nSPS) is 13.6. The molecule has 0 aromatic heterocycles. The molecule has 0 bridgehead atoms. The molecule has 0 fully saturated rings. The lowest BCUT2D eigenvalue weighted by molar-refractivity contribution is 1.11. The largest absolute Gasteiger partial charge is 0.399 e. The van der Waals surface area contributed by atoms with Gasteiger partial charge in [0.25, 0.3) is 0 Å². The molecule has 50 valence electrons. The maximum Gasteiger partial charge on any atom is 0.0646 e. The third-order valence-corrected chi connectivity index (χ3v) is 1.66. The van der Waals surface area contributed by atoms with Crippen LogP contribution in [0.2, 0.25) is 0 Å². The van der Waals surface area contributed by atoms with Gasteiger partial charge in [-0.15, -0.1) is 0 Å². The number of aliphatic imine (C=N–C) groups is 1. The first kappa shape index (κ1) is 5.47. The summed E-state index contributed by atoms with van der Waals surface area (Å²) >= 11 is 0. The summed E-state index contributed by atoms with van der Waals surface area (Å²) in [6.07, 6.45) is 1.87. The number of hydrogen-bond acceptors (Lipinski definition) is 2. The molecule has 0 saturated heterocycles. The van der Waals surface area contributed by atoms with Crippen LogP contribution in [0.25, 0.3) is 0 Å². The van der Waals surface area contributed by atoms with Gasteiger partial charge in [-0.2, -0.15) is 0 Å². The highest BCUT2D eigenvalue weighted by atomic mass is 14.7. The van der Waals surface area contributed by atoms with Crippen molar-refractivity contribution >= 4 is 11.9 Å². The second-order valence-electron chi connectivity index (χ2n) is 2.43. The molecular formula is C8H8N2. The summed E-state index contributed by atoms with van der Waals surface area (Å²) in [6, 6.07) is 5.89. The standard InChI is InChI=1S/C8H8N2/c9-8-2-1-6-4-10-5-7(6)3-8/h1-3,5H,4,9H2. The molecule has 2 N–H and O–H groups in total. The minimum atomic E-state index is 0.812. The SMILES string of the molecule is Nc1ccc2c(c1)C=NC2. The zero-order valence-corrected chi connectivity index (χ0v) is 5.54. The predicted octanol–water partition coefficient (Wildman–Crippen LogP) is 1.20. The molecule has 0 aliphatic carbocycles. The summed E-state index contributed by atoms with van der Waals surface area (Å²) in [5.74, 6) is 0. The highest BCUT2D eigenvalue weighted by Gasteiger charge is 2.03. The first-order valence-electron chi connectivity index (χ1n) is 3.24. The molecule has 10 heavy (non-hydrogen) atoms. The van der Waals surface area contributed by atoms with Gasteiger partial charge in [-0.25, -0.2) is 0 Å². The van der Waals surface area contributed by atoms with Crippen molar-refractivity contribution in [3.8, 4) is 0 Å². The summed E-state index contributed by atoms with van der Waals surface area (Å²) in [4.78, 5) is 4.11. The zero-order chi connectivity index (χ0) is 6.97. The van der Waals surface area contributed by atoms with Crippen molar-refractivity contribution in [3.05, 3.63) is 29.3 Å². The van der Waals surface area contributed by atoms with Crippen LogP contribution in [0.5, 0.6) is 0 Å². The van der Waals surface area contributed by atoms with Gasteiger partial charge in [0, 0.05) is 11.9 Å². The summed E-state index contributed by atoms with van der Waals surface area (Å²) < 4.78 is 0. The molecular weight excluding hydrogens is 124 g/mol. The topological polar surface area (TPSA) is 38.4 Å². The molecule has 1 aromatic carbocycles. The van der Waals surface area contributed by atoms with Gasteiger partial charge in [0.05, 0.1) is 6.54 Å². The van der Waals surface area contributed by atoms with Crippen LogP contribution >= 0.6 is 0 Å². The summed E-state index contributed by atoms with van der Waals surface area (Å²) in [5, 5.41) is 0. The van der Waals surface area contributed by atoms with Gasteiger partial charge in [0.2, 0.25) is 0 Å². The quantitative estimate of drug-likeness (QED) is 0.529. The first-order valence-corrected chi connectivity index (χ1v) is 3.24. The molecule has 1 aliphatic heterocycles. The van der Waals surface area contributed by atoms with E-state index < -0.39 is 0 Å². The molecule has 1 heterocycles. The van der Waals surface area contributed by atoms with Crippen LogP contribution in [0.3, 0.4) is 0 Å². The minimum absolute atomic E-state index is 0.812. The van der Waals surface area contributed by atoms with Crippen molar-refractivity contribution in [2.24, 2.45) is 4.99 Å². The Morgan fingerprint density at radius 3 is 3.20 bits per heavy atom. The highest BCUT2D eigenvalue weighted by molar-refractivity contribution is 5.85. The molecule has 1 aromatic rings. The number of rotatable bonds is 0. The average Bonchev–Trinajstić information content (AvgIpc) is 2.33. The van der Waals surface area contributed by atoms with E-state index in [4.69, 9.17) is 5.73 Å². The Morgan fingerprint density at radius 2 is 2.30 bits per heavy atom. The monoisotopic (exact) mass is 132 g/mol. The fourth-order valence-electron chi connectivity index (χ4n) is 1.12. The van der Waals surface area contributed by atoms with Crippen LogP contribution < -0.4 is 5.73 Å². The number of hydrogen-bond donors (Lipinski definition) is 1. The number of nitrogens with zero attached hydrogens (tertiary/aromatic N) is 1. The number of nitrogen functional groups attached to an aromatic ring is 1. The molecule has 0 radical (unpaired) electrons. The van der Waals surface area contributed by atoms with E-state index in [1.54, 1.807) is 0 Å². The predicted molar refractivity (Wildman–Crippen MR) is 42.2 cm³/mol. The third-order valence-electron chi connectivity index (χ3n) is 1.66. The fourth-order valence-corrected chi connectivity index (χ4v) is 1.12. The van der Waals surface area contributed by atoms with Crippen LogP contribution in [0.1, 0.15) is 11.1 Å². The van der Waals surface area contributed by atoms with E-state index in [1.807, 2.05) is 24.4 Å². The van der Waals surface area contributed by atoms with E-state index in [1.165, 1.54) is 11.1 Å². The van der Waals surface area contributed by atoms with Crippen molar-refractivity contribution in [1.29, 1.82) is 0 Å². The van der Waals surface area contributed by atoms with Crippen molar-refractivity contribution in [2.45, 2.75) is 6.54 Å². The lowest BCUT2D eigenvalue weighted by Crippen LogP contribution is -1.88. The van der Waals surface area contributed by atoms with E-state index in [9.17, 15) is 0 Å². The van der Waals surface area contributed by atoms with E-state index >= 15 is 0 Å². The minimum Gasteiger partial charge on any atom is -0.399 e. The van der Waals surface area contributed by atoms with Gasteiger partial charge in [-0.05, 0) is 23.3 Å². The summed E-state index contributed by atoms with van der Waals surface area (Å²) in [6.45, 7) is 0.815. The van der Waals surface area contributed by atoms with E-state index in [0.29, 0.717) is 0 Å². The summed E-state index contributed by atoms with van der Waals surface area (Å²) in [7, 11) is 0. The molecule has 0 saturated carbocycles. The summed E-state index contributed by atoms with van der Waals surface area (Å²) in [5.41, 5.74) is 8.82. The average molecular weight is 132 g/mol. The van der Waals surface area contributed by atoms with Gasteiger partial charge in [0.1, 0.15) is 0 Å². The van der Waals surface area contributed by atoms with Crippen molar-refractivity contribution in [1.82, 2.24) is 0 Å². The molecule has 1 aliphatic rings. The van der Waals surface area contributed by atoms with Crippen molar-refractivity contribution in [3.63, 3.8) is 0 Å². The van der Waals surface area contributed by atoms with Gasteiger partial charge in [-0.1, -0.05) is 6.07 Å². The molecule has 2 heteroatoms. The van der Waals surface area contributed by atoms with Crippen LogP contribution in [-0.4, -0.2) is 6.21 Å². The molecule has 2 nitrogen and oxygen atoms in total. The molecule has 0 unspecified atom stereocenters. The second kappa shape index (κ2) is 1.84. The maximum atomic E-state index is 5.57. The molecule has 0 amide bonds. The Kier molecular flexibility index (Phi) is 1.01. The fraction of sp³-hybridized carbons (Fsp3) is 0.125. The Labute approximate surface area is 59.4 Å². The van der Waals surface area contributed by atoms with Crippen LogP contribution in [0, 0.1) is 0 Å². The number of fused-ring (bicyclic) bond motifs is 1. The maximum absolute atomic E-state index is 5.57. The lowest BCUT2D eigenvalue weighted by Gasteiger charge is -1.96. The number of anilines is 1. The Hall–Kier alpha value is -1.31. The smallest absolute Gasteiger partial charge is 0.0646 e. The second-order valence-corrected chi connectivity index (χ2v) is 2.43.